The van der Waals surface area contributed by atoms with Crippen molar-refractivity contribution in [1.29, 1.82) is 0 Å². The number of nitrogens with zero attached hydrogens (tertiary/aromatic N) is 4. The van der Waals surface area contributed by atoms with E-state index in [-0.39, 0.29) is 91.8 Å². The lowest BCUT2D eigenvalue weighted by atomic mass is 9.85. The number of pyridine rings is 1. The lowest BCUT2D eigenvalue weighted by Crippen LogP contribution is -2.54. The van der Waals surface area contributed by atoms with E-state index in [9.17, 15) is 43.2 Å². The second-order valence-corrected chi connectivity index (χ2v) is 24.4. The molecule has 0 spiro atoms. The van der Waals surface area contributed by atoms with Crippen LogP contribution >= 0.6 is 0 Å². The molecule has 22 heteroatoms. The number of hydrogen-bond donors (Lipinski definition) is 4. The van der Waals surface area contributed by atoms with Gasteiger partial charge in [-0.15, -0.1) is 0 Å². The number of aromatic nitrogens is 1. The molecule has 4 aliphatic rings. The fraction of sp³-hybridized carbons (Fsp3) is 0.754. The first kappa shape index (κ1) is 63.9. The van der Waals surface area contributed by atoms with Gasteiger partial charge < -0.3 is 59.7 Å². The summed E-state index contributed by atoms with van der Waals surface area (Å²) in [5.74, 6) is -3.26. The van der Waals surface area contributed by atoms with Crippen molar-refractivity contribution in [3.8, 4) is 0 Å². The van der Waals surface area contributed by atoms with Gasteiger partial charge in [0.15, 0.2) is 0 Å². The highest BCUT2D eigenvalue weighted by atomic mass is 16.6. The van der Waals surface area contributed by atoms with E-state index in [1.54, 1.807) is 103 Å². The number of hydrogen-bond acceptors (Lipinski definition) is 15. The minimum atomic E-state index is -1.26. The number of nitrogens with one attached hydrogen (secondary N) is 4. The average molecular weight is 1110 g/mol. The Morgan fingerprint density at radius 1 is 0.684 bits per heavy atom. The Morgan fingerprint density at radius 3 is 1.77 bits per heavy atom. The molecule has 22 nitrogen and oxygen atoms in total. The van der Waals surface area contributed by atoms with Crippen LogP contribution in [-0.2, 0) is 62.0 Å². The largest absolute Gasteiger partial charge is 0.460 e. The van der Waals surface area contributed by atoms with Gasteiger partial charge in [-0.05, 0) is 145 Å². The summed E-state index contributed by atoms with van der Waals surface area (Å²) in [7, 11) is 1.72. The number of ether oxygens (including phenoxy) is 5. The maximum absolute atomic E-state index is 13.6. The molecule has 7 amide bonds. The topological polar surface area (TPSA) is 271 Å². The second-order valence-electron chi connectivity index (χ2n) is 24.4. The normalized spacial score (nSPS) is 22.7. The molecule has 0 bridgehead atoms. The number of amides is 7. The summed E-state index contributed by atoms with van der Waals surface area (Å²) in [6.07, 6.45) is 10.2. The fourth-order valence-corrected chi connectivity index (χ4v) is 10.4. The molecule has 4 N–H and O–H groups in total. The molecular formula is C57H90N8O14. The van der Waals surface area contributed by atoms with Crippen LogP contribution in [0.15, 0.2) is 24.5 Å². The van der Waals surface area contributed by atoms with Crippen LogP contribution in [0.3, 0.4) is 0 Å². The predicted octanol–water partition coefficient (Wildman–Crippen LogP) is 4.81. The molecule has 79 heavy (non-hydrogen) atoms. The van der Waals surface area contributed by atoms with Gasteiger partial charge in [-0.1, -0.05) is 6.07 Å². The Bertz CT molecular complexity index is 2220. The zero-order valence-corrected chi connectivity index (χ0v) is 48.5. The lowest BCUT2D eigenvalue weighted by molar-refractivity contribution is -0.159. The summed E-state index contributed by atoms with van der Waals surface area (Å²) in [5.41, 5.74) is -1.72. The van der Waals surface area contributed by atoms with Crippen molar-refractivity contribution in [1.82, 2.24) is 41.0 Å². The Balaban J connectivity index is 0.941. The molecule has 0 aromatic carbocycles. The smallest absolute Gasteiger partial charge is 0.329 e. The summed E-state index contributed by atoms with van der Waals surface area (Å²) in [6.45, 7) is 17.7. The minimum absolute atomic E-state index is 0.00598. The third-order valence-corrected chi connectivity index (χ3v) is 14.3. The molecule has 4 fully saturated rings. The molecule has 0 unspecified atom stereocenters. The predicted molar refractivity (Wildman–Crippen MR) is 290 cm³/mol. The molecule has 5 rings (SSSR count). The van der Waals surface area contributed by atoms with Gasteiger partial charge in [0.25, 0.3) is 0 Å². The molecule has 4 atom stereocenters. The second kappa shape index (κ2) is 29.5. The van der Waals surface area contributed by atoms with E-state index >= 15 is 0 Å². The Hall–Kier alpha value is -5.90. The van der Waals surface area contributed by atoms with Gasteiger partial charge in [0, 0.05) is 96.4 Å². The Morgan fingerprint density at radius 2 is 1.23 bits per heavy atom. The molecule has 3 heterocycles. The van der Waals surface area contributed by atoms with Crippen molar-refractivity contribution in [3.63, 3.8) is 0 Å². The van der Waals surface area contributed by atoms with Crippen molar-refractivity contribution in [3.05, 3.63) is 30.1 Å². The number of esters is 3. The SMILES string of the molecule is CN1C(=O)C[C@H](C(=O)NCCOC2CCC(OCCCC(=O)NC3CCC(C(=O)N4CCN(C(=O)CC[C@H](NC(=O)N[C@@H](CCC(=O)OC(C)(C)C)C(=O)OC(C)(C)C)C(=O)OC(C)(C)C)CC4)CC3)CC2)[C@H]1c1cccnc1. The number of urea groups is 1. The van der Waals surface area contributed by atoms with E-state index in [0.717, 1.165) is 31.2 Å². The van der Waals surface area contributed by atoms with Crippen LogP contribution < -0.4 is 21.3 Å². The molecule has 1 aromatic heterocycles. The standard InChI is InChI=1S/C57H90N8O14/c1-55(2,3)77-48(69)26-24-44(53(73)79-57(7,8)9)62-54(74)61-43(52(72)78-56(4,5)6)23-25-46(67)64-29-31-65(32-30-64)51(71)37-15-17-39(18-16-37)60-45(66)14-12-33-75-40-19-21-41(22-20-40)76-34-28-59-50(70)42-35-47(68)63(10)49(42)38-13-11-27-58-36-38/h11,13,27,36-37,39-44,49H,12,14-26,28-35H2,1-10H3,(H,59,70)(H,60,66)(H2,61,62,74)/t37?,39?,40?,41?,42-,43-,44-,49+/m0/s1. The average Bonchev–Trinajstić information content (AvgIpc) is 3.72. The maximum atomic E-state index is 13.6. The van der Waals surface area contributed by atoms with Gasteiger partial charge in [0.1, 0.15) is 28.9 Å². The summed E-state index contributed by atoms with van der Waals surface area (Å²) < 4.78 is 28.6. The minimum Gasteiger partial charge on any atom is -0.460 e. The van der Waals surface area contributed by atoms with Gasteiger partial charge in [0.2, 0.25) is 29.5 Å². The van der Waals surface area contributed by atoms with Gasteiger partial charge in [0.05, 0.1) is 30.8 Å². The first-order valence-electron chi connectivity index (χ1n) is 28.4. The van der Waals surface area contributed by atoms with Crippen molar-refractivity contribution in [2.24, 2.45) is 11.8 Å². The summed E-state index contributed by atoms with van der Waals surface area (Å²) in [4.78, 5) is 127. The number of piperazine rings is 1. The van der Waals surface area contributed by atoms with Crippen molar-refractivity contribution in [2.45, 2.75) is 212 Å². The first-order chi connectivity index (χ1) is 37.1. The molecule has 2 aliphatic heterocycles. The third kappa shape index (κ3) is 21.9. The fourth-order valence-electron chi connectivity index (χ4n) is 10.4. The number of carbonyl (C=O) groups is 9. The van der Waals surface area contributed by atoms with Gasteiger partial charge >= 0.3 is 23.9 Å². The van der Waals surface area contributed by atoms with E-state index in [1.165, 1.54) is 0 Å². The van der Waals surface area contributed by atoms with Crippen LogP contribution in [0.1, 0.15) is 170 Å². The highest BCUT2D eigenvalue weighted by Crippen LogP contribution is 2.37. The number of likely N-dealkylation sites (tertiary alicyclic amines) is 1. The molecule has 2 saturated carbocycles. The number of rotatable bonds is 23. The molecule has 1 aromatic rings. The van der Waals surface area contributed by atoms with E-state index in [0.29, 0.717) is 84.5 Å². The van der Waals surface area contributed by atoms with Crippen LogP contribution in [0.25, 0.3) is 0 Å². The summed E-state index contributed by atoms with van der Waals surface area (Å²) >= 11 is 0. The van der Waals surface area contributed by atoms with Gasteiger partial charge in [-0.3, -0.25) is 33.8 Å². The van der Waals surface area contributed by atoms with E-state index in [2.05, 4.69) is 26.3 Å². The van der Waals surface area contributed by atoms with Crippen molar-refractivity contribution >= 4 is 53.5 Å². The van der Waals surface area contributed by atoms with Gasteiger partial charge in [-0.2, -0.15) is 0 Å². The highest BCUT2D eigenvalue weighted by molar-refractivity contribution is 5.90. The zero-order valence-electron chi connectivity index (χ0n) is 48.5. The van der Waals surface area contributed by atoms with E-state index in [1.807, 2.05) is 6.07 Å². The van der Waals surface area contributed by atoms with Crippen molar-refractivity contribution < 1.29 is 66.8 Å². The third-order valence-electron chi connectivity index (χ3n) is 14.3. The Labute approximate surface area is 466 Å². The van der Waals surface area contributed by atoms with E-state index in [4.69, 9.17) is 23.7 Å². The molecule has 0 radical (unpaired) electrons. The molecule has 2 saturated heterocycles. The zero-order chi connectivity index (χ0) is 58.1. The maximum Gasteiger partial charge on any atom is 0.329 e. The van der Waals surface area contributed by atoms with Crippen molar-refractivity contribution in [2.75, 3.05) is 53.0 Å². The summed E-state index contributed by atoms with van der Waals surface area (Å²) in [5, 5.41) is 11.2. The van der Waals surface area contributed by atoms with Crippen LogP contribution in [0.4, 0.5) is 4.79 Å². The lowest BCUT2D eigenvalue weighted by Gasteiger charge is -2.38. The number of carbonyl (C=O) groups excluding carboxylic acids is 9. The van der Waals surface area contributed by atoms with Crippen LogP contribution in [-0.4, -0.2) is 173 Å². The highest BCUT2D eigenvalue weighted by Gasteiger charge is 2.43. The van der Waals surface area contributed by atoms with Crippen LogP contribution in [0.2, 0.25) is 0 Å². The Kier molecular flexibility index (Phi) is 23.9. The molecule has 2 aliphatic carbocycles. The summed E-state index contributed by atoms with van der Waals surface area (Å²) in [6, 6.07) is -0.0736. The monoisotopic (exact) mass is 1110 g/mol. The first-order valence-corrected chi connectivity index (χ1v) is 28.4. The van der Waals surface area contributed by atoms with Gasteiger partial charge in [-0.25, -0.2) is 14.4 Å². The quantitative estimate of drug-likeness (QED) is 0.0651. The van der Waals surface area contributed by atoms with Crippen LogP contribution in [0, 0.1) is 11.8 Å². The van der Waals surface area contributed by atoms with Crippen LogP contribution in [0.5, 0.6) is 0 Å². The molecule has 442 valence electrons. The van der Waals surface area contributed by atoms with E-state index < -0.39 is 58.7 Å². The molecular weight excluding hydrogens is 1020 g/mol.